The Balaban J connectivity index is 0.740. The number of carbonyl (C=O) groups is 4. The molecule has 14 heteroatoms. The summed E-state index contributed by atoms with van der Waals surface area (Å²) in [5, 5.41) is 0. The van der Waals surface area contributed by atoms with Crippen LogP contribution in [0.2, 0.25) is 0 Å². The van der Waals surface area contributed by atoms with Crippen molar-refractivity contribution in [3.8, 4) is 79.7 Å². The molecule has 0 saturated carbocycles. The van der Waals surface area contributed by atoms with E-state index in [1.165, 1.54) is 64.8 Å². The van der Waals surface area contributed by atoms with E-state index < -0.39 is 23.9 Å². The quantitative estimate of drug-likeness (QED) is 0.0524. The largest absolute Gasteiger partial charge is 0.496 e. The third-order valence-electron chi connectivity index (χ3n) is 12.2. The summed E-state index contributed by atoms with van der Waals surface area (Å²) in [6.45, 7) is 0.597. The summed E-state index contributed by atoms with van der Waals surface area (Å²) in [5.74, 6) is 0.708. The van der Waals surface area contributed by atoms with Gasteiger partial charge in [-0.1, -0.05) is 109 Å². The number of methoxy groups -OCH3 is 4. The summed E-state index contributed by atoms with van der Waals surface area (Å²) in [7, 11) is 5.89. The van der Waals surface area contributed by atoms with Crippen molar-refractivity contribution in [2.75, 3.05) is 28.4 Å². The first-order chi connectivity index (χ1) is 38.1. The zero-order valence-corrected chi connectivity index (χ0v) is 42.8. The minimum absolute atomic E-state index is 0.159. The van der Waals surface area contributed by atoms with E-state index >= 15 is 0 Å². The molecular weight excluding hydrogens is 993 g/mol. The van der Waals surface area contributed by atoms with Gasteiger partial charge in [0.05, 0.1) is 39.6 Å². The van der Waals surface area contributed by atoms with Gasteiger partial charge in [0, 0.05) is 24.3 Å². The van der Waals surface area contributed by atoms with E-state index in [0.29, 0.717) is 58.8 Å². The Morgan fingerprint density at radius 2 is 0.577 bits per heavy atom. The minimum atomic E-state index is -0.645. The smallest absolute Gasteiger partial charge is 0.347 e. The standard InChI is InChI=1S/C64H50O14/c1-69-55-37-59(73-39-41-11-7-5-8-12-41)57(71-3)35-53(55)63(67)77-49-27-23-45(24-28-49)43-15-19-47(20-16-43)61(65)75-51-31-33-52(34-32-51)76-62(66)48-21-17-44(18-22-48)46-25-29-50(30-26-46)78-64(68)54-36-58(72-4)60(38-56(54)70-2)74-40-42-13-9-6-10-14-42/h5-38H,39-40H2,1-4H3. The first-order valence-electron chi connectivity index (χ1n) is 24.3. The van der Waals surface area contributed by atoms with Crippen LogP contribution >= 0.6 is 0 Å². The predicted molar refractivity (Wildman–Crippen MR) is 291 cm³/mol. The molecule has 0 aliphatic carbocycles. The van der Waals surface area contributed by atoms with Crippen molar-refractivity contribution in [2.24, 2.45) is 0 Å². The fraction of sp³-hybridized carbons (Fsp3) is 0.0938. The molecule has 9 rings (SSSR count). The number of hydrogen-bond donors (Lipinski definition) is 0. The van der Waals surface area contributed by atoms with Crippen LogP contribution in [-0.2, 0) is 13.2 Å². The highest BCUT2D eigenvalue weighted by atomic mass is 16.6. The third kappa shape index (κ3) is 12.9. The van der Waals surface area contributed by atoms with E-state index in [-0.39, 0.29) is 34.1 Å². The highest BCUT2D eigenvalue weighted by Gasteiger charge is 2.23. The third-order valence-corrected chi connectivity index (χ3v) is 12.2. The van der Waals surface area contributed by atoms with E-state index in [9.17, 15) is 19.2 Å². The summed E-state index contributed by atoms with van der Waals surface area (Å²) in [6.07, 6.45) is 0. The maximum Gasteiger partial charge on any atom is 0.347 e. The van der Waals surface area contributed by atoms with Gasteiger partial charge in [-0.05, 0) is 106 Å². The van der Waals surface area contributed by atoms with Crippen molar-refractivity contribution >= 4 is 23.9 Å². The maximum atomic E-state index is 13.3. The number of rotatable bonds is 20. The van der Waals surface area contributed by atoms with E-state index in [1.54, 1.807) is 109 Å². The van der Waals surface area contributed by atoms with Crippen molar-refractivity contribution in [3.63, 3.8) is 0 Å². The average Bonchev–Trinajstić information content (AvgIpc) is 3.53. The predicted octanol–water partition coefficient (Wildman–Crippen LogP) is 13.1. The normalized spacial score (nSPS) is 10.6. The second-order valence-corrected chi connectivity index (χ2v) is 17.2. The minimum Gasteiger partial charge on any atom is -0.496 e. The fourth-order valence-corrected chi connectivity index (χ4v) is 8.01. The average molecular weight is 1040 g/mol. The van der Waals surface area contributed by atoms with E-state index in [4.69, 9.17) is 47.4 Å². The number of hydrogen-bond acceptors (Lipinski definition) is 14. The zero-order chi connectivity index (χ0) is 54.4. The van der Waals surface area contributed by atoms with Gasteiger partial charge in [-0.25, -0.2) is 19.2 Å². The van der Waals surface area contributed by atoms with Gasteiger partial charge in [-0.3, -0.25) is 0 Å². The molecule has 14 nitrogen and oxygen atoms in total. The highest BCUT2D eigenvalue weighted by molar-refractivity contribution is 5.96. The monoisotopic (exact) mass is 1040 g/mol. The van der Waals surface area contributed by atoms with Crippen LogP contribution in [0.5, 0.6) is 57.5 Å². The van der Waals surface area contributed by atoms with Crippen molar-refractivity contribution in [1.82, 2.24) is 0 Å². The van der Waals surface area contributed by atoms with Gasteiger partial charge in [0.15, 0.2) is 23.0 Å². The summed E-state index contributed by atoms with van der Waals surface area (Å²) < 4.78 is 56.6. The fourth-order valence-electron chi connectivity index (χ4n) is 8.01. The van der Waals surface area contributed by atoms with Crippen LogP contribution in [0.15, 0.2) is 206 Å². The lowest BCUT2D eigenvalue weighted by atomic mass is 10.0. The van der Waals surface area contributed by atoms with Crippen molar-refractivity contribution in [3.05, 3.63) is 240 Å². The second kappa shape index (κ2) is 24.8. The topological polar surface area (TPSA) is 161 Å². The van der Waals surface area contributed by atoms with Gasteiger partial charge in [0.2, 0.25) is 0 Å². The molecule has 0 bridgehead atoms. The zero-order valence-electron chi connectivity index (χ0n) is 42.8. The van der Waals surface area contributed by atoms with Crippen LogP contribution in [0.4, 0.5) is 0 Å². The molecule has 78 heavy (non-hydrogen) atoms. The van der Waals surface area contributed by atoms with E-state index in [2.05, 4.69) is 0 Å². The van der Waals surface area contributed by atoms with Gasteiger partial charge >= 0.3 is 23.9 Å². The summed E-state index contributed by atoms with van der Waals surface area (Å²) in [6, 6.07) is 59.2. The van der Waals surface area contributed by atoms with Gasteiger partial charge in [-0.2, -0.15) is 0 Å². The molecule has 0 N–H and O–H groups in total. The van der Waals surface area contributed by atoms with Gasteiger partial charge in [-0.15, -0.1) is 0 Å². The lowest BCUT2D eigenvalue weighted by Crippen LogP contribution is -2.11. The summed E-state index contributed by atoms with van der Waals surface area (Å²) in [4.78, 5) is 52.9. The molecule has 0 radical (unpaired) electrons. The molecule has 0 aliphatic heterocycles. The molecule has 0 amide bonds. The Morgan fingerprint density at radius 1 is 0.295 bits per heavy atom. The van der Waals surface area contributed by atoms with Crippen LogP contribution in [0.1, 0.15) is 52.6 Å². The van der Waals surface area contributed by atoms with Gasteiger partial charge in [0.25, 0.3) is 0 Å². The number of ether oxygens (including phenoxy) is 10. The summed E-state index contributed by atoms with van der Waals surface area (Å²) in [5.41, 5.74) is 6.14. The Morgan fingerprint density at radius 3 is 0.885 bits per heavy atom. The first kappa shape index (κ1) is 52.5. The molecule has 9 aromatic carbocycles. The molecule has 0 spiro atoms. The molecule has 0 aromatic heterocycles. The molecule has 0 heterocycles. The van der Waals surface area contributed by atoms with Crippen LogP contribution < -0.4 is 47.4 Å². The molecule has 390 valence electrons. The first-order valence-corrected chi connectivity index (χ1v) is 24.3. The Kier molecular flexibility index (Phi) is 16.7. The van der Waals surface area contributed by atoms with Crippen LogP contribution in [0.3, 0.4) is 0 Å². The van der Waals surface area contributed by atoms with E-state index in [1.807, 2.05) is 60.7 Å². The molecule has 0 fully saturated rings. The second-order valence-electron chi connectivity index (χ2n) is 17.2. The van der Waals surface area contributed by atoms with Crippen LogP contribution in [-0.4, -0.2) is 52.3 Å². The van der Waals surface area contributed by atoms with Crippen molar-refractivity contribution in [2.45, 2.75) is 13.2 Å². The molecule has 9 aromatic rings. The lowest BCUT2D eigenvalue weighted by Gasteiger charge is -2.15. The molecular formula is C64H50O14. The highest BCUT2D eigenvalue weighted by Crippen LogP contribution is 2.38. The SMILES string of the molecule is COc1cc(C(=O)Oc2ccc(-c3ccc(C(=O)Oc4ccc(OC(=O)c5ccc(-c6ccc(OC(=O)c7cc(OC)c(OCc8ccccc8)cc7OC)cc6)cc5)cc4)cc3)cc2)c(OC)cc1OCc1ccccc1. The molecule has 0 unspecified atom stereocenters. The van der Waals surface area contributed by atoms with Crippen LogP contribution in [0.25, 0.3) is 22.3 Å². The van der Waals surface area contributed by atoms with Gasteiger partial charge in [0.1, 0.15) is 58.8 Å². The lowest BCUT2D eigenvalue weighted by molar-refractivity contribution is 0.0719. The summed E-state index contributed by atoms with van der Waals surface area (Å²) >= 11 is 0. The van der Waals surface area contributed by atoms with Crippen LogP contribution in [0, 0.1) is 0 Å². The Hall–Kier alpha value is -10.3. The molecule has 0 aliphatic rings. The Labute approximate surface area is 449 Å². The number of carbonyl (C=O) groups excluding carboxylic acids is 4. The molecule has 0 atom stereocenters. The van der Waals surface area contributed by atoms with E-state index in [0.717, 1.165) is 33.4 Å². The molecule has 0 saturated heterocycles. The van der Waals surface area contributed by atoms with Crippen molar-refractivity contribution in [1.29, 1.82) is 0 Å². The van der Waals surface area contributed by atoms with Gasteiger partial charge < -0.3 is 47.4 Å². The maximum absolute atomic E-state index is 13.3. The number of esters is 4. The number of benzene rings is 9. The van der Waals surface area contributed by atoms with Crippen molar-refractivity contribution < 1.29 is 66.5 Å². The Bertz CT molecular complexity index is 3290.